The Morgan fingerprint density at radius 2 is 1.60 bits per heavy atom. The number of aromatic nitrogens is 2. The van der Waals surface area contributed by atoms with Crippen molar-refractivity contribution in [1.82, 2.24) is 9.97 Å². The van der Waals surface area contributed by atoms with Crippen molar-refractivity contribution in [3.63, 3.8) is 0 Å². The van der Waals surface area contributed by atoms with Gasteiger partial charge in [0.25, 0.3) is 0 Å². The maximum atomic E-state index is 5.86. The summed E-state index contributed by atoms with van der Waals surface area (Å²) in [7, 11) is 0. The van der Waals surface area contributed by atoms with Crippen LogP contribution in [0.15, 0.2) is 6.07 Å². The standard InChI is InChI=1S/C11H14Cl2N2/c1-7-2-4-8(5-3-7)11-14-9(12)6-10(13)15-11/h6-8H,2-5H2,1H3. The number of hydrogen-bond donors (Lipinski definition) is 0. The second-order valence-corrected chi connectivity index (χ2v) is 5.10. The summed E-state index contributed by atoms with van der Waals surface area (Å²) in [5, 5.41) is 0.896. The summed E-state index contributed by atoms with van der Waals surface area (Å²) < 4.78 is 0. The summed E-state index contributed by atoms with van der Waals surface area (Å²) in [5.41, 5.74) is 0. The van der Waals surface area contributed by atoms with Crippen LogP contribution < -0.4 is 0 Å². The molecule has 0 aliphatic heterocycles. The number of halogens is 2. The number of hydrogen-bond acceptors (Lipinski definition) is 2. The molecule has 0 N–H and O–H groups in total. The van der Waals surface area contributed by atoms with E-state index in [0.29, 0.717) is 16.2 Å². The van der Waals surface area contributed by atoms with Gasteiger partial charge < -0.3 is 0 Å². The van der Waals surface area contributed by atoms with E-state index in [9.17, 15) is 0 Å². The average molecular weight is 245 g/mol. The zero-order valence-electron chi connectivity index (χ0n) is 8.71. The van der Waals surface area contributed by atoms with E-state index in [0.717, 1.165) is 24.6 Å². The van der Waals surface area contributed by atoms with Crippen LogP contribution in [0.4, 0.5) is 0 Å². The zero-order chi connectivity index (χ0) is 10.8. The van der Waals surface area contributed by atoms with E-state index in [2.05, 4.69) is 16.9 Å². The molecule has 2 nitrogen and oxygen atoms in total. The SMILES string of the molecule is CC1CCC(c2nc(Cl)cc(Cl)n2)CC1. The number of nitrogens with zero attached hydrogens (tertiary/aromatic N) is 2. The Kier molecular flexibility index (Phi) is 3.47. The minimum Gasteiger partial charge on any atom is -0.221 e. The van der Waals surface area contributed by atoms with Crippen LogP contribution in [-0.2, 0) is 0 Å². The van der Waals surface area contributed by atoms with Gasteiger partial charge in [-0.2, -0.15) is 0 Å². The van der Waals surface area contributed by atoms with Crippen molar-refractivity contribution in [3.05, 3.63) is 22.2 Å². The number of rotatable bonds is 1. The Labute approximate surface area is 100 Å². The fourth-order valence-electron chi connectivity index (χ4n) is 2.11. The molecular formula is C11H14Cl2N2. The van der Waals surface area contributed by atoms with Gasteiger partial charge >= 0.3 is 0 Å². The molecule has 1 aliphatic carbocycles. The van der Waals surface area contributed by atoms with Crippen molar-refractivity contribution in [3.8, 4) is 0 Å². The van der Waals surface area contributed by atoms with Gasteiger partial charge in [-0.1, -0.05) is 43.0 Å². The second kappa shape index (κ2) is 4.67. The van der Waals surface area contributed by atoms with Gasteiger partial charge in [0.15, 0.2) is 0 Å². The molecule has 0 aromatic carbocycles. The Bertz CT molecular complexity index is 326. The van der Waals surface area contributed by atoms with Crippen LogP contribution in [0.25, 0.3) is 0 Å². The van der Waals surface area contributed by atoms with Gasteiger partial charge in [-0.05, 0) is 18.8 Å². The molecule has 0 unspecified atom stereocenters. The van der Waals surface area contributed by atoms with Crippen molar-refractivity contribution in [1.29, 1.82) is 0 Å². The molecule has 1 aromatic rings. The average Bonchev–Trinajstić information content (AvgIpc) is 2.17. The van der Waals surface area contributed by atoms with E-state index in [1.807, 2.05) is 0 Å². The maximum absolute atomic E-state index is 5.86. The smallest absolute Gasteiger partial charge is 0.134 e. The molecule has 1 saturated carbocycles. The largest absolute Gasteiger partial charge is 0.221 e. The lowest BCUT2D eigenvalue weighted by molar-refractivity contribution is 0.339. The molecule has 4 heteroatoms. The first-order valence-electron chi connectivity index (χ1n) is 5.35. The monoisotopic (exact) mass is 244 g/mol. The summed E-state index contributed by atoms with van der Waals surface area (Å²) in [6.45, 7) is 2.29. The fourth-order valence-corrected chi connectivity index (χ4v) is 2.54. The van der Waals surface area contributed by atoms with Gasteiger partial charge in [-0.25, -0.2) is 9.97 Å². The lowest BCUT2D eigenvalue weighted by Crippen LogP contribution is -2.13. The van der Waals surface area contributed by atoms with Crippen molar-refractivity contribution >= 4 is 23.2 Å². The predicted octanol–water partition coefficient (Wildman–Crippen LogP) is 4.08. The van der Waals surface area contributed by atoms with Gasteiger partial charge in [0.2, 0.25) is 0 Å². The molecule has 1 aliphatic rings. The summed E-state index contributed by atoms with van der Waals surface area (Å²) in [5.74, 6) is 2.09. The van der Waals surface area contributed by atoms with Crippen molar-refractivity contribution < 1.29 is 0 Å². The Balaban J connectivity index is 2.15. The first kappa shape index (κ1) is 11.2. The molecule has 0 radical (unpaired) electrons. The molecule has 0 atom stereocenters. The second-order valence-electron chi connectivity index (χ2n) is 4.33. The van der Waals surface area contributed by atoms with Crippen LogP contribution >= 0.6 is 23.2 Å². The highest BCUT2D eigenvalue weighted by atomic mass is 35.5. The molecule has 2 rings (SSSR count). The lowest BCUT2D eigenvalue weighted by Gasteiger charge is -2.24. The molecule has 82 valence electrons. The third-order valence-corrected chi connectivity index (χ3v) is 3.45. The van der Waals surface area contributed by atoms with Gasteiger partial charge in [0.1, 0.15) is 16.1 Å². The summed E-state index contributed by atoms with van der Waals surface area (Å²) in [6, 6.07) is 1.58. The minimum absolute atomic E-state index is 0.442. The summed E-state index contributed by atoms with van der Waals surface area (Å²) in [6.07, 6.45) is 4.80. The molecular weight excluding hydrogens is 231 g/mol. The highest BCUT2D eigenvalue weighted by Gasteiger charge is 2.22. The quantitative estimate of drug-likeness (QED) is 0.697. The Morgan fingerprint density at radius 1 is 1.07 bits per heavy atom. The molecule has 0 amide bonds. The normalized spacial score (nSPS) is 26.6. The van der Waals surface area contributed by atoms with Crippen LogP contribution in [0.1, 0.15) is 44.3 Å². The molecule has 0 spiro atoms. The van der Waals surface area contributed by atoms with Gasteiger partial charge in [-0.3, -0.25) is 0 Å². The lowest BCUT2D eigenvalue weighted by atomic mass is 9.82. The van der Waals surface area contributed by atoms with Crippen LogP contribution in [0.3, 0.4) is 0 Å². The summed E-state index contributed by atoms with van der Waals surface area (Å²) >= 11 is 11.7. The molecule has 0 saturated heterocycles. The van der Waals surface area contributed by atoms with Gasteiger partial charge in [0, 0.05) is 12.0 Å². The van der Waals surface area contributed by atoms with Crippen LogP contribution in [0.5, 0.6) is 0 Å². The van der Waals surface area contributed by atoms with Crippen LogP contribution in [0, 0.1) is 5.92 Å². The topological polar surface area (TPSA) is 25.8 Å². The van der Waals surface area contributed by atoms with Crippen LogP contribution in [-0.4, -0.2) is 9.97 Å². The van der Waals surface area contributed by atoms with Gasteiger partial charge in [0.05, 0.1) is 0 Å². The Morgan fingerprint density at radius 3 is 2.13 bits per heavy atom. The predicted molar refractivity (Wildman–Crippen MR) is 62.4 cm³/mol. The van der Waals surface area contributed by atoms with Crippen molar-refractivity contribution in [2.45, 2.75) is 38.5 Å². The van der Waals surface area contributed by atoms with E-state index in [1.54, 1.807) is 6.07 Å². The van der Waals surface area contributed by atoms with Gasteiger partial charge in [-0.15, -0.1) is 0 Å². The van der Waals surface area contributed by atoms with E-state index < -0.39 is 0 Å². The first-order valence-corrected chi connectivity index (χ1v) is 6.10. The van der Waals surface area contributed by atoms with Crippen molar-refractivity contribution in [2.24, 2.45) is 5.92 Å². The third-order valence-electron chi connectivity index (χ3n) is 3.06. The zero-order valence-corrected chi connectivity index (χ0v) is 10.2. The molecule has 1 fully saturated rings. The molecule has 1 heterocycles. The molecule has 1 aromatic heterocycles. The minimum atomic E-state index is 0.442. The van der Waals surface area contributed by atoms with E-state index in [-0.39, 0.29) is 0 Å². The molecule has 15 heavy (non-hydrogen) atoms. The molecule has 0 bridgehead atoms. The third kappa shape index (κ3) is 2.82. The fraction of sp³-hybridized carbons (Fsp3) is 0.636. The maximum Gasteiger partial charge on any atom is 0.134 e. The highest BCUT2D eigenvalue weighted by molar-refractivity contribution is 6.33. The van der Waals surface area contributed by atoms with E-state index in [1.165, 1.54) is 12.8 Å². The van der Waals surface area contributed by atoms with Crippen LogP contribution in [0.2, 0.25) is 10.3 Å². The van der Waals surface area contributed by atoms with E-state index >= 15 is 0 Å². The highest BCUT2D eigenvalue weighted by Crippen LogP contribution is 2.34. The summed E-state index contributed by atoms with van der Waals surface area (Å²) in [4.78, 5) is 8.51. The first-order chi connectivity index (χ1) is 7.15. The Hall–Kier alpha value is -0.340. The van der Waals surface area contributed by atoms with E-state index in [4.69, 9.17) is 23.2 Å². The van der Waals surface area contributed by atoms with Crippen molar-refractivity contribution in [2.75, 3.05) is 0 Å².